The van der Waals surface area contributed by atoms with Gasteiger partial charge in [0.05, 0.1) is 17.2 Å². The van der Waals surface area contributed by atoms with Gasteiger partial charge in [0.25, 0.3) is 5.69 Å². The first kappa shape index (κ1) is 21.7. The Morgan fingerprint density at radius 2 is 2.00 bits per heavy atom. The van der Waals surface area contributed by atoms with Gasteiger partial charge in [-0.3, -0.25) is 15.1 Å². The number of halogens is 1. The van der Waals surface area contributed by atoms with Crippen molar-refractivity contribution in [2.75, 3.05) is 25.5 Å². The molecule has 0 aliphatic carbocycles. The van der Waals surface area contributed by atoms with Crippen LogP contribution in [-0.2, 0) is 6.54 Å². The van der Waals surface area contributed by atoms with Gasteiger partial charge in [0, 0.05) is 26.2 Å². The number of nitro benzene ring substituents is 1. The smallest absolute Gasteiger partial charge is 0.292 e. The summed E-state index contributed by atoms with van der Waals surface area (Å²) in [5.74, 6) is 1.99. The van der Waals surface area contributed by atoms with Gasteiger partial charge in [-0.05, 0) is 19.9 Å². The number of nitrogens with one attached hydrogen (secondary N) is 3. The van der Waals surface area contributed by atoms with Gasteiger partial charge in [-0.2, -0.15) is 0 Å². The Morgan fingerprint density at radius 1 is 1.27 bits per heavy atom. The highest BCUT2D eigenvalue weighted by Crippen LogP contribution is 2.22. The molecule has 0 amide bonds. The highest BCUT2D eigenvalue weighted by atomic mass is 127. The van der Waals surface area contributed by atoms with Crippen LogP contribution >= 0.6 is 24.0 Å². The number of benzene rings is 1. The van der Waals surface area contributed by atoms with Gasteiger partial charge in [0.1, 0.15) is 11.4 Å². The number of anilines is 1. The largest absolute Gasteiger partial charge is 0.444 e. The Balaban J connectivity index is 0.00000338. The molecule has 1 aromatic heterocycles. The third-order valence-electron chi connectivity index (χ3n) is 3.54. The minimum atomic E-state index is -0.406. The lowest BCUT2D eigenvalue weighted by molar-refractivity contribution is -0.384. The van der Waals surface area contributed by atoms with E-state index in [1.165, 1.54) is 6.07 Å². The Labute approximate surface area is 168 Å². The van der Waals surface area contributed by atoms with Gasteiger partial charge in [-0.25, -0.2) is 4.98 Å². The van der Waals surface area contributed by atoms with Crippen molar-refractivity contribution in [3.8, 4) is 0 Å². The first-order valence-corrected chi connectivity index (χ1v) is 7.86. The Hall–Kier alpha value is -2.37. The van der Waals surface area contributed by atoms with Crippen LogP contribution in [0.3, 0.4) is 0 Å². The molecule has 0 fully saturated rings. The Bertz CT molecular complexity index is 743. The van der Waals surface area contributed by atoms with Crippen molar-refractivity contribution < 1.29 is 9.34 Å². The summed E-state index contributed by atoms with van der Waals surface area (Å²) < 4.78 is 5.50. The third-order valence-corrected chi connectivity index (χ3v) is 3.54. The molecule has 0 bridgehead atoms. The zero-order chi connectivity index (χ0) is 18.2. The average Bonchev–Trinajstić information content (AvgIpc) is 2.92. The van der Waals surface area contributed by atoms with Crippen LogP contribution in [0, 0.1) is 24.0 Å². The Morgan fingerprint density at radius 3 is 2.62 bits per heavy atom. The highest BCUT2D eigenvalue weighted by Gasteiger charge is 2.11. The predicted octanol–water partition coefficient (Wildman–Crippen LogP) is 2.59. The second-order valence-corrected chi connectivity index (χ2v) is 5.30. The van der Waals surface area contributed by atoms with Crippen LogP contribution in [-0.4, -0.2) is 36.0 Å². The molecule has 142 valence electrons. The fraction of sp³-hybridized carbons (Fsp3) is 0.375. The summed E-state index contributed by atoms with van der Waals surface area (Å²) in [6, 6.07) is 6.54. The van der Waals surface area contributed by atoms with Gasteiger partial charge in [-0.15, -0.1) is 24.0 Å². The minimum absolute atomic E-state index is 0. The zero-order valence-electron chi connectivity index (χ0n) is 14.9. The van der Waals surface area contributed by atoms with E-state index in [-0.39, 0.29) is 29.7 Å². The van der Waals surface area contributed by atoms with Crippen LogP contribution in [0.2, 0.25) is 0 Å². The van der Waals surface area contributed by atoms with Crippen LogP contribution in [0.15, 0.2) is 33.7 Å². The third kappa shape index (κ3) is 6.17. The van der Waals surface area contributed by atoms with Crippen molar-refractivity contribution in [2.45, 2.75) is 20.4 Å². The molecule has 9 nitrogen and oxygen atoms in total. The number of oxazole rings is 1. The summed E-state index contributed by atoms with van der Waals surface area (Å²) in [6.45, 7) is 5.22. The number of nitrogens with zero attached hydrogens (tertiary/aromatic N) is 3. The fourth-order valence-corrected chi connectivity index (χ4v) is 2.16. The summed E-state index contributed by atoms with van der Waals surface area (Å²) in [4.78, 5) is 19.0. The van der Waals surface area contributed by atoms with Gasteiger partial charge in [-0.1, -0.05) is 12.1 Å². The molecule has 0 spiro atoms. The number of guanidine groups is 1. The predicted molar refractivity (Wildman–Crippen MR) is 111 cm³/mol. The van der Waals surface area contributed by atoms with E-state index < -0.39 is 4.92 Å². The van der Waals surface area contributed by atoms with Crippen molar-refractivity contribution in [3.63, 3.8) is 0 Å². The van der Waals surface area contributed by atoms with Crippen LogP contribution in [0.4, 0.5) is 11.4 Å². The minimum Gasteiger partial charge on any atom is -0.444 e. The molecule has 0 aliphatic heterocycles. The van der Waals surface area contributed by atoms with Crippen LogP contribution in [0.1, 0.15) is 17.3 Å². The second kappa shape index (κ2) is 10.6. The molecule has 1 aromatic carbocycles. The molecule has 2 rings (SSSR count). The lowest BCUT2D eigenvalue weighted by atomic mass is 10.2. The van der Waals surface area contributed by atoms with Crippen molar-refractivity contribution in [3.05, 3.63) is 51.7 Å². The van der Waals surface area contributed by atoms with E-state index >= 15 is 0 Å². The molecule has 3 N–H and O–H groups in total. The van der Waals surface area contributed by atoms with E-state index in [4.69, 9.17) is 4.42 Å². The standard InChI is InChI=1S/C16H22N6O3.HI/c1-11-12(2)25-15(21-11)10-20-16(17-3)19-9-8-18-13-6-4-5-7-14(13)22(23)24;/h4-7,18H,8-10H2,1-3H3,(H2,17,19,20);1H. The summed E-state index contributed by atoms with van der Waals surface area (Å²) in [7, 11) is 1.66. The molecule has 0 saturated heterocycles. The summed E-state index contributed by atoms with van der Waals surface area (Å²) in [6.07, 6.45) is 0. The van der Waals surface area contributed by atoms with Gasteiger partial charge in [0.15, 0.2) is 5.96 Å². The number of aromatic nitrogens is 1. The number of nitro groups is 1. The molecule has 10 heteroatoms. The number of aliphatic imine (C=N–C) groups is 1. The van der Waals surface area contributed by atoms with Gasteiger partial charge in [0.2, 0.25) is 5.89 Å². The maximum absolute atomic E-state index is 11.0. The number of aryl methyl sites for hydroxylation is 2. The normalized spacial score (nSPS) is 10.8. The maximum atomic E-state index is 11.0. The lowest BCUT2D eigenvalue weighted by Gasteiger charge is -2.11. The number of hydrogen-bond acceptors (Lipinski definition) is 6. The quantitative estimate of drug-likeness (QED) is 0.141. The molecule has 0 radical (unpaired) electrons. The SMILES string of the molecule is CN=C(NCCNc1ccccc1[N+](=O)[O-])NCc1nc(C)c(C)o1.I. The van der Waals surface area contributed by atoms with E-state index in [0.29, 0.717) is 37.2 Å². The monoisotopic (exact) mass is 474 g/mol. The summed E-state index contributed by atoms with van der Waals surface area (Å²) >= 11 is 0. The highest BCUT2D eigenvalue weighted by molar-refractivity contribution is 14.0. The van der Waals surface area contributed by atoms with Gasteiger partial charge >= 0.3 is 0 Å². The molecule has 2 aromatic rings. The average molecular weight is 474 g/mol. The van der Waals surface area contributed by atoms with E-state index in [1.54, 1.807) is 25.2 Å². The fourth-order valence-electron chi connectivity index (χ4n) is 2.16. The van der Waals surface area contributed by atoms with Crippen LogP contribution in [0.25, 0.3) is 0 Å². The van der Waals surface area contributed by atoms with Crippen molar-refractivity contribution >= 4 is 41.3 Å². The maximum Gasteiger partial charge on any atom is 0.292 e. The topological polar surface area (TPSA) is 118 Å². The molecular formula is C16H23IN6O3. The summed E-state index contributed by atoms with van der Waals surface area (Å²) in [5.41, 5.74) is 1.41. The van der Waals surface area contributed by atoms with Crippen molar-refractivity contribution in [2.24, 2.45) is 4.99 Å². The molecule has 1 heterocycles. The second-order valence-electron chi connectivity index (χ2n) is 5.30. The zero-order valence-corrected chi connectivity index (χ0v) is 17.2. The van der Waals surface area contributed by atoms with E-state index in [2.05, 4.69) is 25.9 Å². The lowest BCUT2D eigenvalue weighted by Crippen LogP contribution is -2.39. The molecule has 0 unspecified atom stereocenters. The molecule has 0 aliphatic rings. The summed E-state index contributed by atoms with van der Waals surface area (Å²) in [5, 5.41) is 20.2. The van der Waals surface area contributed by atoms with Crippen molar-refractivity contribution in [1.29, 1.82) is 0 Å². The number of hydrogen-bond donors (Lipinski definition) is 3. The van der Waals surface area contributed by atoms with Crippen LogP contribution < -0.4 is 16.0 Å². The Kier molecular flexibility index (Phi) is 8.82. The van der Waals surface area contributed by atoms with E-state index in [0.717, 1.165) is 11.5 Å². The molecule has 26 heavy (non-hydrogen) atoms. The molecule has 0 saturated carbocycles. The number of para-hydroxylation sites is 2. The first-order valence-electron chi connectivity index (χ1n) is 7.86. The molecule has 0 atom stereocenters. The van der Waals surface area contributed by atoms with E-state index in [1.807, 2.05) is 13.8 Å². The first-order chi connectivity index (χ1) is 12.0. The van der Waals surface area contributed by atoms with E-state index in [9.17, 15) is 10.1 Å². The van der Waals surface area contributed by atoms with Crippen LogP contribution in [0.5, 0.6) is 0 Å². The molecular weight excluding hydrogens is 451 g/mol. The van der Waals surface area contributed by atoms with Crippen molar-refractivity contribution in [1.82, 2.24) is 15.6 Å². The van der Waals surface area contributed by atoms with Gasteiger partial charge < -0.3 is 20.4 Å². The number of rotatable bonds is 7.